The van der Waals surface area contributed by atoms with Crippen molar-refractivity contribution in [3.05, 3.63) is 129 Å². The van der Waals surface area contributed by atoms with Gasteiger partial charge in [-0.05, 0) is 0 Å². The molecule has 4 aromatic rings. The van der Waals surface area contributed by atoms with Gasteiger partial charge in [0.1, 0.15) is 0 Å². The van der Waals surface area contributed by atoms with E-state index >= 15 is 0 Å². The maximum absolute atomic E-state index is 2.72. The minimum atomic E-state index is -2.46. The van der Waals surface area contributed by atoms with Gasteiger partial charge in [-0.15, -0.1) is 0 Å². The number of fused-ring (bicyclic) bond motifs is 2. The number of allylic oxidation sites excluding steroid dienone is 2. The van der Waals surface area contributed by atoms with Gasteiger partial charge in [0.25, 0.3) is 0 Å². The zero-order valence-electron chi connectivity index (χ0n) is 29.5. The molecule has 2 aliphatic rings. The number of hydrogen-bond donors (Lipinski definition) is 0. The Bertz CT molecular complexity index is 1640. The second-order valence-corrected chi connectivity index (χ2v) is 42.5. The minimum absolute atomic E-state index is 0.559. The van der Waals surface area contributed by atoms with Gasteiger partial charge in [0.2, 0.25) is 0 Å². The van der Waals surface area contributed by atoms with Crippen LogP contribution in [0.4, 0.5) is 0 Å². The van der Waals surface area contributed by atoms with E-state index in [2.05, 4.69) is 152 Å². The monoisotopic (exact) mass is 789 g/mol. The second kappa shape index (κ2) is 14.3. The van der Waals surface area contributed by atoms with Crippen molar-refractivity contribution < 1.29 is 20.6 Å². The Hall–Kier alpha value is -2.55. The summed E-state index contributed by atoms with van der Waals surface area (Å²) in [6, 6.07) is 33.0. The zero-order valence-corrected chi connectivity index (χ0v) is 34.2. The summed E-state index contributed by atoms with van der Waals surface area (Å²) < 4.78 is 1.33. The van der Waals surface area contributed by atoms with Crippen molar-refractivity contribution >= 4 is 18.1 Å². The average Bonchev–Trinajstić information content (AvgIpc) is 3.62. The molecule has 6 rings (SSSR count). The molecule has 0 aliphatic heterocycles. The van der Waals surface area contributed by atoms with Crippen LogP contribution in [0.2, 0.25) is 13.1 Å². The molecule has 0 saturated heterocycles. The molecule has 0 spiro atoms. The van der Waals surface area contributed by atoms with Crippen LogP contribution < -0.4 is 0 Å². The molecule has 0 radical (unpaired) electrons. The first-order valence-electron chi connectivity index (χ1n) is 18.0. The van der Waals surface area contributed by atoms with Gasteiger partial charge in [-0.2, -0.15) is 0 Å². The van der Waals surface area contributed by atoms with Crippen LogP contribution in [-0.4, -0.2) is 5.98 Å². The average molecular weight is 788 g/mol. The normalized spacial score (nSPS) is 17.0. The van der Waals surface area contributed by atoms with E-state index in [0.29, 0.717) is 19.2 Å². The van der Waals surface area contributed by atoms with Crippen LogP contribution in [0.15, 0.2) is 96.1 Å². The summed E-state index contributed by atoms with van der Waals surface area (Å²) in [6.07, 6.45) is 9.98. The Kier molecular flexibility index (Phi) is 10.4. The second-order valence-electron chi connectivity index (χ2n) is 14.6. The van der Waals surface area contributed by atoms with Crippen molar-refractivity contribution in [3.63, 3.8) is 0 Å². The van der Waals surface area contributed by atoms with E-state index < -0.39 is 26.6 Å². The van der Waals surface area contributed by atoms with Crippen molar-refractivity contribution in [1.29, 1.82) is 0 Å². The van der Waals surface area contributed by atoms with Crippen LogP contribution in [-0.2, 0) is 33.4 Å². The number of aryl methyl sites for hydroxylation is 2. The Morgan fingerprint density at radius 3 is 1.30 bits per heavy atom. The molecule has 46 heavy (non-hydrogen) atoms. The van der Waals surface area contributed by atoms with Crippen molar-refractivity contribution in [3.8, 4) is 22.3 Å². The van der Waals surface area contributed by atoms with E-state index in [1.165, 1.54) is 57.3 Å². The van der Waals surface area contributed by atoms with E-state index in [1.54, 1.807) is 22.3 Å². The molecule has 0 fully saturated rings. The van der Waals surface area contributed by atoms with Gasteiger partial charge < -0.3 is 0 Å². The third-order valence-electron chi connectivity index (χ3n) is 10.5. The van der Waals surface area contributed by atoms with E-state index in [1.807, 2.05) is 0 Å². The molecule has 4 aromatic carbocycles. The van der Waals surface area contributed by atoms with Gasteiger partial charge >= 0.3 is 290 Å². The summed E-state index contributed by atoms with van der Waals surface area (Å²) in [6.45, 7) is 19.9. The summed E-state index contributed by atoms with van der Waals surface area (Å²) in [7, 11) is 0. The summed E-state index contributed by atoms with van der Waals surface area (Å²) >= 11 is -2.46. The van der Waals surface area contributed by atoms with Gasteiger partial charge in [-0.25, -0.2) is 0 Å². The molecule has 2 heteroatoms. The number of rotatable bonds is 11. The van der Waals surface area contributed by atoms with Crippen molar-refractivity contribution in [1.82, 2.24) is 0 Å². The van der Waals surface area contributed by atoms with E-state index in [0.717, 1.165) is 12.8 Å². The quantitative estimate of drug-likeness (QED) is 0.133. The summed E-state index contributed by atoms with van der Waals surface area (Å²) in [5.74, 6) is 0.159. The first-order valence-corrected chi connectivity index (χ1v) is 31.2. The molecule has 0 amide bonds. The van der Waals surface area contributed by atoms with Crippen LogP contribution in [0.1, 0.15) is 95.1 Å². The van der Waals surface area contributed by atoms with Crippen LogP contribution in [0.5, 0.6) is 0 Å². The molecular formula is C44H53HfSi. The molecule has 0 saturated carbocycles. The van der Waals surface area contributed by atoms with E-state index in [-0.39, 0.29) is 0 Å². The molecular weight excluding hydrogens is 735 g/mol. The van der Waals surface area contributed by atoms with Crippen molar-refractivity contribution in [2.24, 2.45) is 11.8 Å². The Balaban J connectivity index is 1.53. The van der Waals surface area contributed by atoms with Crippen molar-refractivity contribution in [2.75, 3.05) is 0 Å². The third kappa shape index (κ3) is 6.10. The van der Waals surface area contributed by atoms with Gasteiger partial charge in [-0.3, -0.25) is 0 Å². The van der Waals surface area contributed by atoms with Crippen molar-refractivity contribution in [2.45, 2.75) is 87.7 Å². The SMILES string of the molecule is CCCc1ccccc1-c1cccc2c1C=C(C(C)C)[CH]2[Hf]([CH]1C(C(C)C)=Cc2c(-c3ccccc3CCC)cccc21)[SiH](C)C. The first-order chi connectivity index (χ1) is 22.3. The molecule has 0 bridgehead atoms. The molecule has 2 aliphatic carbocycles. The van der Waals surface area contributed by atoms with Gasteiger partial charge in [-0.1, -0.05) is 0 Å². The van der Waals surface area contributed by atoms with Gasteiger partial charge in [0, 0.05) is 0 Å². The summed E-state index contributed by atoms with van der Waals surface area (Å²) in [4.78, 5) is 0. The van der Waals surface area contributed by atoms with E-state index in [9.17, 15) is 0 Å². The van der Waals surface area contributed by atoms with Crippen LogP contribution in [0.3, 0.4) is 0 Å². The molecule has 0 nitrogen and oxygen atoms in total. The Morgan fingerprint density at radius 1 is 0.543 bits per heavy atom. The zero-order chi connectivity index (χ0) is 32.5. The molecule has 2 atom stereocenters. The Labute approximate surface area is 288 Å². The molecule has 2 unspecified atom stereocenters. The van der Waals surface area contributed by atoms with Crippen LogP contribution >= 0.6 is 0 Å². The summed E-state index contributed by atoms with van der Waals surface area (Å²) in [5, 5.41) is 0. The fourth-order valence-corrected chi connectivity index (χ4v) is 41.6. The standard InChI is InChI=1S/2C21H23.C2H7Si.Hf/c2*1-4-8-16-9-5-6-11-19(16)20-12-7-10-17-13-18(15(2)3)14-21(17)20;1-3-2;/h2*5-7,9-15H,4,8H2,1-3H3;3H,1-2H3;. The molecule has 0 N–H and O–H groups in total. The predicted molar refractivity (Wildman–Crippen MR) is 202 cm³/mol. The first kappa shape index (κ1) is 33.4. The number of benzene rings is 4. The molecule has 0 heterocycles. The number of hydrogen-bond acceptors (Lipinski definition) is 0. The maximum atomic E-state index is 2.72. The van der Waals surface area contributed by atoms with E-state index in [4.69, 9.17) is 0 Å². The predicted octanol–water partition coefficient (Wildman–Crippen LogP) is 12.4. The molecule has 237 valence electrons. The topological polar surface area (TPSA) is 0 Å². The fraction of sp³-hybridized carbons (Fsp3) is 0.364. The summed E-state index contributed by atoms with van der Waals surface area (Å²) in [5.41, 5.74) is 18.7. The van der Waals surface area contributed by atoms with Crippen LogP contribution in [0, 0.1) is 11.8 Å². The third-order valence-corrected chi connectivity index (χ3v) is 41.1. The molecule has 0 aromatic heterocycles. The Morgan fingerprint density at radius 2 is 0.935 bits per heavy atom. The van der Waals surface area contributed by atoms with Crippen LogP contribution in [0.25, 0.3) is 34.4 Å². The van der Waals surface area contributed by atoms with Gasteiger partial charge in [0.05, 0.1) is 0 Å². The fourth-order valence-electron chi connectivity index (χ4n) is 8.44. The van der Waals surface area contributed by atoms with Gasteiger partial charge in [0.15, 0.2) is 0 Å².